The van der Waals surface area contributed by atoms with Crippen LogP contribution in [-0.4, -0.2) is 26.3 Å². The molecule has 0 radical (unpaired) electrons. The molecule has 1 aliphatic carbocycles. The Labute approximate surface area is 61.9 Å². The maximum absolute atomic E-state index is 5.11. The number of fused-ring (bicyclic) bond motifs is 1. The normalized spacial score (nSPS) is 51.0. The zero-order valence-corrected chi connectivity index (χ0v) is 6.63. The molecule has 58 valence electrons. The molecule has 1 saturated heterocycles. The van der Waals surface area contributed by atoms with Gasteiger partial charge in [-0.1, -0.05) is 6.92 Å². The van der Waals surface area contributed by atoms with Gasteiger partial charge >= 0.3 is 0 Å². The molecule has 0 aromatic carbocycles. The van der Waals surface area contributed by atoms with Crippen molar-refractivity contribution in [1.29, 1.82) is 0 Å². The molecule has 1 saturated carbocycles. The van der Waals surface area contributed by atoms with Crippen molar-refractivity contribution in [3.05, 3.63) is 0 Å². The standard InChI is InChI=1S/C8H15NO/c1-5-6-3-9-7(4-10-2)8(5)6/h5-9H,3-4H2,1-2H3. The fraction of sp³-hybridized carbons (Fsp3) is 1.00. The Bertz CT molecular complexity index is 137. The van der Waals surface area contributed by atoms with E-state index in [1.165, 1.54) is 6.54 Å². The molecule has 1 aliphatic heterocycles. The molecule has 0 amide bonds. The Morgan fingerprint density at radius 1 is 1.60 bits per heavy atom. The van der Waals surface area contributed by atoms with Crippen molar-refractivity contribution in [3.63, 3.8) is 0 Å². The fourth-order valence-corrected chi connectivity index (χ4v) is 2.34. The maximum Gasteiger partial charge on any atom is 0.0618 e. The maximum atomic E-state index is 5.11. The van der Waals surface area contributed by atoms with Gasteiger partial charge in [0.25, 0.3) is 0 Å². The average Bonchev–Trinajstić information content (AvgIpc) is 2.42. The Morgan fingerprint density at radius 3 is 2.90 bits per heavy atom. The van der Waals surface area contributed by atoms with Crippen molar-refractivity contribution in [2.45, 2.75) is 13.0 Å². The highest BCUT2D eigenvalue weighted by Crippen LogP contribution is 2.51. The van der Waals surface area contributed by atoms with Crippen LogP contribution < -0.4 is 5.32 Å². The second-order valence-electron chi connectivity index (χ2n) is 3.57. The summed E-state index contributed by atoms with van der Waals surface area (Å²) in [5.41, 5.74) is 0. The van der Waals surface area contributed by atoms with E-state index in [1.54, 1.807) is 7.11 Å². The minimum absolute atomic E-state index is 0.657. The molecule has 2 nitrogen and oxygen atoms in total. The third kappa shape index (κ3) is 0.789. The molecule has 0 aromatic heterocycles. The molecule has 10 heavy (non-hydrogen) atoms. The second-order valence-corrected chi connectivity index (χ2v) is 3.57. The van der Waals surface area contributed by atoms with Crippen LogP contribution in [0.3, 0.4) is 0 Å². The summed E-state index contributed by atoms with van der Waals surface area (Å²) in [4.78, 5) is 0. The largest absolute Gasteiger partial charge is 0.383 e. The van der Waals surface area contributed by atoms with Crippen LogP contribution >= 0.6 is 0 Å². The topological polar surface area (TPSA) is 21.3 Å². The van der Waals surface area contributed by atoms with Crippen LogP contribution in [0.15, 0.2) is 0 Å². The molecule has 2 fully saturated rings. The third-order valence-corrected chi connectivity index (χ3v) is 3.06. The van der Waals surface area contributed by atoms with Crippen molar-refractivity contribution >= 4 is 0 Å². The second kappa shape index (κ2) is 2.21. The smallest absolute Gasteiger partial charge is 0.0618 e. The van der Waals surface area contributed by atoms with Gasteiger partial charge in [-0.3, -0.25) is 0 Å². The Balaban J connectivity index is 1.88. The van der Waals surface area contributed by atoms with Gasteiger partial charge in [0.05, 0.1) is 6.61 Å². The summed E-state index contributed by atoms with van der Waals surface area (Å²) in [5.74, 6) is 2.86. The highest BCUT2D eigenvalue weighted by Gasteiger charge is 2.54. The molecule has 1 heterocycles. The zero-order chi connectivity index (χ0) is 7.14. The van der Waals surface area contributed by atoms with Gasteiger partial charge in [0.2, 0.25) is 0 Å². The minimum atomic E-state index is 0.657. The van der Waals surface area contributed by atoms with Gasteiger partial charge in [0, 0.05) is 13.2 Å². The van der Waals surface area contributed by atoms with Crippen molar-refractivity contribution in [1.82, 2.24) is 5.32 Å². The molecule has 4 atom stereocenters. The molecule has 1 N–H and O–H groups in total. The van der Waals surface area contributed by atoms with Crippen LogP contribution in [0.5, 0.6) is 0 Å². The number of hydrogen-bond acceptors (Lipinski definition) is 2. The van der Waals surface area contributed by atoms with Crippen molar-refractivity contribution in [3.8, 4) is 0 Å². The van der Waals surface area contributed by atoms with Gasteiger partial charge in [0.15, 0.2) is 0 Å². The molecule has 2 heteroatoms. The van der Waals surface area contributed by atoms with Crippen molar-refractivity contribution in [2.24, 2.45) is 17.8 Å². The van der Waals surface area contributed by atoms with Crippen LogP contribution in [0, 0.1) is 17.8 Å². The molecule has 2 aliphatic rings. The minimum Gasteiger partial charge on any atom is -0.383 e. The van der Waals surface area contributed by atoms with E-state index in [9.17, 15) is 0 Å². The molecular formula is C8H15NO. The van der Waals surface area contributed by atoms with Crippen LogP contribution in [0.2, 0.25) is 0 Å². The van der Waals surface area contributed by atoms with Crippen LogP contribution in [-0.2, 0) is 4.74 Å². The number of methoxy groups -OCH3 is 1. The Hall–Kier alpha value is -0.0800. The summed E-state index contributed by atoms with van der Waals surface area (Å²) < 4.78 is 5.11. The number of nitrogens with one attached hydrogen (secondary N) is 1. The summed E-state index contributed by atoms with van der Waals surface area (Å²) >= 11 is 0. The highest BCUT2D eigenvalue weighted by atomic mass is 16.5. The van der Waals surface area contributed by atoms with E-state index < -0.39 is 0 Å². The van der Waals surface area contributed by atoms with E-state index in [-0.39, 0.29) is 0 Å². The van der Waals surface area contributed by atoms with E-state index in [0.717, 1.165) is 24.4 Å². The SMILES string of the molecule is COCC1NCC2C(C)C12. The van der Waals surface area contributed by atoms with Gasteiger partial charge in [-0.05, 0) is 24.3 Å². The van der Waals surface area contributed by atoms with E-state index >= 15 is 0 Å². The molecule has 0 bridgehead atoms. The van der Waals surface area contributed by atoms with Crippen LogP contribution in [0.1, 0.15) is 6.92 Å². The first-order chi connectivity index (χ1) is 4.84. The lowest BCUT2D eigenvalue weighted by Gasteiger charge is -2.12. The lowest BCUT2D eigenvalue weighted by Crippen LogP contribution is -2.31. The first-order valence-corrected chi connectivity index (χ1v) is 4.07. The third-order valence-electron chi connectivity index (χ3n) is 3.06. The summed E-state index contributed by atoms with van der Waals surface area (Å²) in [6.45, 7) is 4.46. The van der Waals surface area contributed by atoms with Gasteiger partial charge in [-0.15, -0.1) is 0 Å². The molecule has 4 unspecified atom stereocenters. The molecular weight excluding hydrogens is 126 g/mol. The van der Waals surface area contributed by atoms with Gasteiger partial charge in [0.1, 0.15) is 0 Å². The molecule has 2 rings (SSSR count). The summed E-state index contributed by atoms with van der Waals surface area (Å²) in [6, 6.07) is 0.657. The van der Waals surface area contributed by atoms with Gasteiger partial charge in [-0.25, -0.2) is 0 Å². The fourth-order valence-electron chi connectivity index (χ4n) is 2.34. The number of piperidine rings is 1. The number of hydrogen-bond donors (Lipinski definition) is 1. The van der Waals surface area contributed by atoms with E-state index in [0.29, 0.717) is 6.04 Å². The van der Waals surface area contributed by atoms with Gasteiger partial charge in [-0.2, -0.15) is 0 Å². The first-order valence-electron chi connectivity index (χ1n) is 4.07. The van der Waals surface area contributed by atoms with E-state index in [4.69, 9.17) is 4.74 Å². The predicted molar refractivity (Wildman–Crippen MR) is 39.8 cm³/mol. The summed E-state index contributed by atoms with van der Waals surface area (Å²) in [6.07, 6.45) is 0. The van der Waals surface area contributed by atoms with Crippen LogP contribution in [0.4, 0.5) is 0 Å². The monoisotopic (exact) mass is 141 g/mol. The quantitative estimate of drug-likeness (QED) is 0.604. The van der Waals surface area contributed by atoms with Gasteiger partial charge < -0.3 is 10.1 Å². The number of rotatable bonds is 2. The zero-order valence-electron chi connectivity index (χ0n) is 6.63. The van der Waals surface area contributed by atoms with E-state index in [1.807, 2.05) is 0 Å². The highest BCUT2D eigenvalue weighted by molar-refractivity contribution is 5.07. The molecule has 0 aromatic rings. The van der Waals surface area contributed by atoms with Crippen LogP contribution in [0.25, 0.3) is 0 Å². The number of ether oxygens (including phenoxy) is 1. The summed E-state index contributed by atoms with van der Waals surface area (Å²) in [5, 5.41) is 3.46. The lowest BCUT2D eigenvalue weighted by molar-refractivity contribution is 0.163. The average molecular weight is 141 g/mol. The molecule has 0 spiro atoms. The Morgan fingerprint density at radius 2 is 2.40 bits per heavy atom. The van der Waals surface area contributed by atoms with Crippen molar-refractivity contribution in [2.75, 3.05) is 20.3 Å². The van der Waals surface area contributed by atoms with Crippen molar-refractivity contribution < 1.29 is 4.74 Å². The Kier molecular flexibility index (Phi) is 1.46. The summed E-state index contributed by atoms with van der Waals surface area (Å²) in [7, 11) is 1.78. The predicted octanol–water partition coefficient (Wildman–Crippen LogP) is 0.487. The van der Waals surface area contributed by atoms with E-state index in [2.05, 4.69) is 12.2 Å². The lowest BCUT2D eigenvalue weighted by atomic mass is 10.2. The first kappa shape index (κ1) is 6.62.